The van der Waals surface area contributed by atoms with Crippen LogP contribution in [0.15, 0.2) is 60.7 Å². The number of hydrogen-bond donors (Lipinski definition) is 0. The van der Waals surface area contributed by atoms with Crippen LogP contribution in [0.3, 0.4) is 0 Å². The third kappa shape index (κ3) is 7.47. The Kier molecular flexibility index (Phi) is 8.79. The summed E-state index contributed by atoms with van der Waals surface area (Å²) in [6.07, 6.45) is 16.2. The first-order valence-electron chi connectivity index (χ1n) is 13.9. The summed E-state index contributed by atoms with van der Waals surface area (Å²) in [5.41, 5.74) is 5.25. The molecule has 0 spiro atoms. The third-order valence-corrected chi connectivity index (χ3v) is 7.31. The van der Waals surface area contributed by atoms with E-state index >= 15 is 0 Å². The van der Waals surface area contributed by atoms with Gasteiger partial charge in [0.1, 0.15) is 36.4 Å². The van der Waals surface area contributed by atoms with E-state index < -0.39 is 0 Å². The van der Waals surface area contributed by atoms with Gasteiger partial charge in [0.25, 0.3) is 0 Å². The predicted octanol–water partition coefficient (Wildman–Crippen LogP) is 7.62. The first-order valence-corrected chi connectivity index (χ1v) is 13.9. The molecule has 5 rings (SSSR count). The molecule has 0 aromatic heterocycles. The highest BCUT2D eigenvalue weighted by Gasteiger charge is 2.34. The molecule has 4 heteroatoms. The lowest BCUT2D eigenvalue weighted by molar-refractivity contribution is 0.147. The summed E-state index contributed by atoms with van der Waals surface area (Å²) in [4.78, 5) is 0. The van der Waals surface area contributed by atoms with Gasteiger partial charge in [-0.15, -0.1) is 0 Å². The summed E-state index contributed by atoms with van der Waals surface area (Å²) in [7, 11) is 0. The predicted molar refractivity (Wildman–Crippen MR) is 145 cm³/mol. The molecule has 3 unspecified atom stereocenters. The third-order valence-electron chi connectivity index (χ3n) is 7.31. The lowest BCUT2D eigenvalue weighted by atomic mass is 9.91. The Morgan fingerprint density at radius 2 is 1.53 bits per heavy atom. The van der Waals surface area contributed by atoms with E-state index in [4.69, 9.17) is 18.9 Å². The van der Waals surface area contributed by atoms with Crippen LogP contribution in [0, 0.1) is 0 Å². The zero-order chi connectivity index (χ0) is 24.6. The van der Waals surface area contributed by atoms with Crippen molar-refractivity contribution < 1.29 is 18.9 Å². The molecule has 2 fully saturated rings. The molecule has 0 amide bonds. The van der Waals surface area contributed by atoms with Crippen molar-refractivity contribution >= 4 is 11.1 Å². The van der Waals surface area contributed by atoms with E-state index in [9.17, 15) is 0 Å². The largest absolute Gasteiger partial charge is 0.491 e. The number of allylic oxidation sites excluding steroid dienone is 4. The molecule has 36 heavy (non-hydrogen) atoms. The van der Waals surface area contributed by atoms with E-state index in [1.54, 1.807) is 0 Å². The minimum atomic E-state index is 0.169. The standard InChI is InChI=1S/C32H40O4/c1-2-3-4-5-6-7-11-31(32-23-35-32)36-29-10-8-9-27(20-29)26-14-12-24(13-15-26)25-16-18-28(19-17-25)33-21-30-22-34-30/h8-10,12,15-20,30-32H,2-7,11,13-14,21-23H2,1H3. The van der Waals surface area contributed by atoms with Crippen molar-refractivity contribution in [3.05, 3.63) is 71.8 Å². The lowest BCUT2D eigenvalue weighted by Crippen LogP contribution is -2.23. The molecule has 1 aliphatic carbocycles. The SMILES string of the molecule is CCCCCCCCC(Oc1cccc(C2=CCC(c3ccc(OCC4CO4)cc3)=CC2)c1)C1CO1. The van der Waals surface area contributed by atoms with Crippen molar-refractivity contribution in [3.8, 4) is 11.5 Å². The van der Waals surface area contributed by atoms with Crippen LogP contribution in [0.5, 0.6) is 11.5 Å². The number of unbranched alkanes of at least 4 members (excludes halogenated alkanes) is 5. The number of epoxide rings is 2. The molecule has 0 bridgehead atoms. The summed E-state index contributed by atoms with van der Waals surface area (Å²) in [6, 6.07) is 17.0. The summed E-state index contributed by atoms with van der Waals surface area (Å²) in [5, 5.41) is 0. The maximum absolute atomic E-state index is 6.45. The van der Waals surface area contributed by atoms with Gasteiger partial charge in [-0.2, -0.15) is 0 Å². The highest BCUT2D eigenvalue weighted by atomic mass is 16.6. The van der Waals surface area contributed by atoms with Gasteiger partial charge in [-0.25, -0.2) is 0 Å². The summed E-state index contributed by atoms with van der Waals surface area (Å²) in [6.45, 7) is 4.57. The van der Waals surface area contributed by atoms with E-state index in [1.807, 2.05) is 0 Å². The molecular formula is C32H40O4. The van der Waals surface area contributed by atoms with Gasteiger partial charge in [-0.3, -0.25) is 0 Å². The van der Waals surface area contributed by atoms with Crippen molar-refractivity contribution in [2.45, 2.75) is 83.0 Å². The second-order valence-electron chi connectivity index (χ2n) is 10.3. The number of hydrogen-bond acceptors (Lipinski definition) is 4. The Balaban J connectivity index is 1.12. The average Bonchev–Trinajstić information content (AvgIpc) is 3.84. The average molecular weight is 489 g/mol. The van der Waals surface area contributed by atoms with Crippen molar-refractivity contribution in [2.75, 3.05) is 19.8 Å². The molecule has 3 aliphatic rings. The Bertz CT molecular complexity index is 1030. The van der Waals surface area contributed by atoms with Gasteiger partial charge >= 0.3 is 0 Å². The highest BCUT2D eigenvalue weighted by Crippen LogP contribution is 2.33. The van der Waals surface area contributed by atoms with Gasteiger partial charge in [0.2, 0.25) is 0 Å². The monoisotopic (exact) mass is 488 g/mol. The number of ether oxygens (including phenoxy) is 4. The maximum Gasteiger partial charge on any atom is 0.127 e. The highest BCUT2D eigenvalue weighted by molar-refractivity contribution is 5.78. The van der Waals surface area contributed by atoms with Crippen LogP contribution < -0.4 is 9.47 Å². The maximum atomic E-state index is 6.45. The van der Waals surface area contributed by atoms with E-state index in [0.29, 0.717) is 6.61 Å². The zero-order valence-corrected chi connectivity index (χ0v) is 21.6. The fourth-order valence-electron chi connectivity index (χ4n) is 4.88. The van der Waals surface area contributed by atoms with Crippen LogP contribution >= 0.6 is 0 Å². The molecule has 3 atom stereocenters. The topological polar surface area (TPSA) is 43.5 Å². The molecular weight excluding hydrogens is 448 g/mol. The van der Waals surface area contributed by atoms with Crippen molar-refractivity contribution in [1.29, 1.82) is 0 Å². The first-order chi connectivity index (χ1) is 17.8. The van der Waals surface area contributed by atoms with Gasteiger partial charge in [0, 0.05) is 0 Å². The summed E-state index contributed by atoms with van der Waals surface area (Å²) in [5.74, 6) is 1.87. The molecule has 2 heterocycles. The van der Waals surface area contributed by atoms with Crippen LogP contribution in [0.1, 0.15) is 75.8 Å². The lowest BCUT2D eigenvalue weighted by Gasteiger charge is -2.19. The van der Waals surface area contributed by atoms with Gasteiger partial charge in [-0.05, 0) is 72.2 Å². The molecule has 0 saturated carbocycles. The second-order valence-corrected chi connectivity index (χ2v) is 10.3. The molecule has 2 aromatic carbocycles. The van der Waals surface area contributed by atoms with Gasteiger partial charge in [0.15, 0.2) is 0 Å². The molecule has 2 aromatic rings. The molecule has 0 radical (unpaired) electrons. The van der Waals surface area contributed by atoms with Gasteiger partial charge < -0.3 is 18.9 Å². The van der Waals surface area contributed by atoms with Crippen molar-refractivity contribution in [1.82, 2.24) is 0 Å². The number of rotatable bonds is 15. The van der Waals surface area contributed by atoms with Crippen LogP contribution in [0.25, 0.3) is 11.1 Å². The molecule has 192 valence electrons. The van der Waals surface area contributed by atoms with Gasteiger partial charge in [-0.1, -0.05) is 75.4 Å². The van der Waals surface area contributed by atoms with Crippen LogP contribution in [0.4, 0.5) is 0 Å². The zero-order valence-electron chi connectivity index (χ0n) is 21.6. The molecule has 4 nitrogen and oxygen atoms in total. The Morgan fingerprint density at radius 1 is 0.806 bits per heavy atom. The minimum Gasteiger partial charge on any atom is -0.491 e. The van der Waals surface area contributed by atoms with Crippen molar-refractivity contribution in [3.63, 3.8) is 0 Å². The van der Waals surface area contributed by atoms with E-state index in [2.05, 4.69) is 67.6 Å². The Hall–Kier alpha value is -2.56. The van der Waals surface area contributed by atoms with E-state index in [-0.39, 0.29) is 18.3 Å². The van der Waals surface area contributed by atoms with Crippen LogP contribution in [-0.4, -0.2) is 38.1 Å². The minimum absolute atomic E-state index is 0.169. The van der Waals surface area contributed by atoms with Crippen LogP contribution in [0.2, 0.25) is 0 Å². The van der Waals surface area contributed by atoms with E-state index in [0.717, 1.165) is 44.0 Å². The molecule has 2 aliphatic heterocycles. The van der Waals surface area contributed by atoms with E-state index in [1.165, 1.54) is 60.8 Å². The summed E-state index contributed by atoms with van der Waals surface area (Å²) < 4.78 is 23.0. The summed E-state index contributed by atoms with van der Waals surface area (Å²) >= 11 is 0. The van der Waals surface area contributed by atoms with Crippen molar-refractivity contribution in [2.24, 2.45) is 0 Å². The Labute approximate surface area is 216 Å². The first kappa shape index (κ1) is 25.1. The molecule has 2 saturated heterocycles. The normalized spacial score (nSPS) is 21.4. The fraction of sp³-hybridized carbons (Fsp3) is 0.500. The van der Waals surface area contributed by atoms with Crippen LogP contribution in [-0.2, 0) is 9.47 Å². The smallest absolute Gasteiger partial charge is 0.127 e. The molecule has 0 N–H and O–H groups in total. The second kappa shape index (κ2) is 12.6. The fourth-order valence-corrected chi connectivity index (χ4v) is 4.88. The van der Waals surface area contributed by atoms with Gasteiger partial charge in [0.05, 0.1) is 13.2 Å². The quantitative estimate of drug-likeness (QED) is 0.191. The Morgan fingerprint density at radius 3 is 2.22 bits per heavy atom. The number of benzene rings is 2.